The maximum Gasteiger partial charge on any atom is 0.120 e. The molecule has 0 heterocycles. The van der Waals surface area contributed by atoms with Crippen LogP contribution in [0.4, 0.5) is 0 Å². The molecule has 2 aromatic rings. The van der Waals surface area contributed by atoms with E-state index in [0.717, 1.165) is 11.3 Å². The van der Waals surface area contributed by atoms with E-state index in [1.54, 1.807) is 6.07 Å². The third kappa shape index (κ3) is 3.11. The van der Waals surface area contributed by atoms with Crippen LogP contribution >= 0.6 is 23.2 Å². The lowest BCUT2D eigenvalue weighted by Gasteiger charge is -2.17. The van der Waals surface area contributed by atoms with Crippen molar-refractivity contribution in [2.75, 3.05) is 0 Å². The number of halogens is 2. The lowest BCUT2D eigenvalue weighted by atomic mass is 9.92. The molecule has 0 atom stereocenters. The number of hydrogen-bond donors (Lipinski definition) is 0. The van der Waals surface area contributed by atoms with Crippen molar-refractivity contribution in [3.8, 4) is 5.75 Å². The molecule has 1 nitrogen and oxygen atoms in total. The van der Waals surface area contributed by atoms with Crippen LogP contribution in [-0.4, -0.2) is 0 Å². The second-order valence-corrected chi connectivity index (χ2v) is 5.99. The van der Waals surface area contributed by atoms with E-state index in [2.05, 4.69) is 18.2 Å². The SMILES string of the molecule is Clc1ccc(COc2ccc3c(c2)CCCC3)cc1Cl. The molecule has 0 aliphatic heterocycles. The first-order valence-corrected chi connectivity index (χ1v) is 7.66. The average molecular weight is 307 g/mol. The summed E-state index contributed by atoms with van der Waals surface area (Å²) >= 11 is 11.9. The maximum absolute atomic E-state index is 6.00. The molecular weight excluding hydrogens is 291 g/mol. The molecule has 0 spiro atoms. The molecule has 0 aromatic heterocycles. The van der Waals surface area contributed by atoms with Crippen LogP contribution in [0.25, 0.3) is 0 Å². The monoisotopic (exact) mass is 306 g/mol. The minimum absolute atomic E-state index is 0.510. The van der Waals surface area contributed by atoms with Gasteiger partial charge in [0.2, 0.25) is 0 Å². The molecule has 0 N–H and O–H groups in total. The van der Waals surface area contributed by atoms with Gasteiger partial charge in [0, 0.05) is 0 Å². The Bertz CT molecular complexity index is 622. The van der Waals surface area contributed by atoms with Gasteiger partial charge in [-0.2, -0.15) is 0 Å². The van der Waals surface area contributed by atoms with Gasteiger partial charge in [-0.1, -0.05) is 35.3 Å². The van der Waals surface area contributed by atoms with Crippen LogP contribution in [0.3, 0.4) is 0 Å². The molecule has 20 heavy (non-hydrogen) atoms. The molecule has 104 valence electrons. The Kier molecular flexibility index (Phi) is 4.18. The van der Waals surface area contributed by atoms with Crippen molar-refractivity contribution < 1.29 is 4.74 Å². The van der Waals surface area contributed by atoms with Gasteiger partial charge in [-0.3, -0.25) is 0 Å². The molecule has 1 aliphatic rings. The van der Waals surface area contributed by atoms with Crippen LogP contribution in [0, 0.1) is 0 Å². The molecule has 1 aliphatic carbocycles. The second kappa shape index (κ2) is 6.07. The molecule has 3 rings (SSSR count). The van der Waals surface area contributed by atoms with E-state index >= 15 is 0 Å². The summed E-state index contributed by atoms with van der Waals surface area (Å²) in [7, 11) is 0. The zero-order valence-corrected chi connectivity index (χ0v) is 12.7. The average Bonchev–Trinajstić information content (AvgIpc) is 2.48. The highest BCUT2D eigenvalue weighted by atomic mass is 35.5. The van der Waals surface area contributed by atoms with Gasteiger partial charge >= 0.3 is 0 Å². The fraction of sp³-hybridized carbons (Fsp3) is 0.294. The van der Waals surface area contributed by atoms with Gasteiger partial charge in [-0.05, 0) is 66.6 Å². The highest BCUT2D eigenvalue weighted by Crippen LogP contribution is 2.27. The Balaban J connectivity index is 1.70. The van der Waals surface area contributed by atoms with Crippen LogP contribution in [-0.2, 0) is 19.4 Å². The van der Waals surface area contributed by atoms with Gasteiger partial charge in [0.25, 0.3) is 0 Å². The van der Waals surface area contributed by atoms with E-state index < -0.39 is 0 Å². The Labute approximate surface area is 129 Å². The first kappa shape index (κ1) is 13.8. The molecule has 0 fully saturated rings. The van der Waals surface area contributed by atoms with Gasteiger partial charge in [0.1, 0.15) is 12.4 Å². The first-order valence-electron chi connectivity index (χ1n) is 6.91. The van der Waals surface area contributed by atoms with E-state index in [4.69, 9.17) is 27.9 Å². The zero-order chi connectivity index (χ0) is 13.9. The standard InChI is InChI=1S/C17H16Cl2O/c18-16-8-5-12(9-17(16)19)11-20-15-7-6-13-3-1-2-4-14(13)10-15/h5-10H,1-4,11H2. The predicted molar refractivity (Wildman–Crippen MR) is 83.9 cm³/mol. The lowest BCUT2D eigenvalue weighted by molar-refractivity contribution is 0.305. The normalized spacial score (nSPS) is 13.9. The van der Waals surface area contributed by atoms with Gasteiger partial charge in [-0.15, -0.1) is 0 Å². The molecule has 0 radical (unpaired) electrons. The number of benzene rings is 2. The van der Waals surface area contributed by atoms with Crippen LogP contribution in [0.1, 0.15) is 29.5 Å². The molecule has 2 aromatic carbocycles. The van der Waals surface area contributed by atoms with Crippen molar-refractivity contribution in [3.63, 3.8) is 0 Å². The van der Waals surface area contributed by atoms with Crippen LogP contribution in [0.2, 0.25) is 10.0 Å². The summed E-state index contributed by atoms with van der Waals surface area (Å²) in [6.45, 7) is 0.510. The summed E-state index contributed by atoms with van der Waals surface area (Å²) in [6, 6.07) is 12.0. The zero-order valence-electron chi connectivity index (χ0n) is 11.2. The predicted octanol–water partition coefficient (Wildman–Crippen LogP) is 5.45. The maximum atomic E-state index is 6.00. The third-order valence-corrected chi connectivity index (χ3v) is 4.45. The van der Waals surface area contributed by atoms with Gasteiger partial charge in [0.05, 0.1) is 10.0 Å². The summed E-state index contributed by atoms with van der Waals surface area (Å²) < 4.78 is 5.85. The summed E-state index contributed by atoms with van der Waals surface area (Å²) in [5.74, 6) is 0.928. The molecule has 0 saturated heterocycles. The molecule has 3 heteroatoms. The molecule has 0 saturated carbocycles. The molecule has 0 unspecified atom stereocenters. The van der Waals surface area contributed by atoms with Crippen molar-refractivity contribution in [1.29, 1.82) is 0 Å². The van der Waals surface area contributed by atoms with E-state index in [-0.39, 0.29) is 0 Å². The minimum atomic E-state index is 0.510. The largest absolute Gasteiger partial charge is 0.489 e. The number of rotatable bonds is 3. The van der Waals surface area contributed by atoms with Crippen molar-refractivity contribution in [2.45, 2.75) is 32.3 Å². The van der Waals surface area contributed by atoms with Gasteiger partial charge in [-0.25, -0.2) is 0 Å². The van der Waals surface area contributed by atoms with Crippen molar-refractivity contribution >= 4 is 23.2 Å². The van der Waals surface area contributed by atoms with Crippen LogP contribution in [0.15, 0.2) is 36.4 Å². The van der Waals surface area contributed by atoms with Crippen molar-refractivity contribution in [2.24, 2.45) is 0 Å². The van der Waals surface area contributed by atoms with E-state index in [0.29, 0.717) is 16.7 Å². The summed E-state index contributed by atoms with van der Waals surface area (Å²) in [5.41, 5.74) is 3.93. The van der Waals surface area contributed by atoms with Crippen LogP contribution < -0.4 is 4.74 Å². The van der Waals surface area contributed by atoms with E-state index in [9.17, 15) is 0 Å². The highest BCUT2D eigenvalue weighted by molar-refractivity contribution is 6.42. The fourth-order valence-electron chi connectivity index (χ4n) is 2.60. The Morgan fingerprint density at radius 1 is 0.850 bits per heavy atom. The Morgan fingerprint density at radius 3 is 2.45 bits per heavy atom. The summed E-state index contributed by atoms with van der Waals surface area (Å²) in [6.07, 6.45) is 4.95. The quantitative estimate of drug-likeness (QED) is 0.732. The molecular formula is C17H16Cl2O. The van der Waals surface area contributed by atoms with E-state index in [1.165, 1.54) is 36.8 Å². The fourth-order valence-corrected chi connectivity index (χ4v) is 2.92. The third-order valence-electron chi connectivity index (χ3n) is 3.71. The summed E-state index contributed by atoms with van der Waals surface area (Å²) in [5, 5.41) is 1.14. The van der Waals surface area contributed by atoms with Crippen molar-refractivity contribution in [1.82, 2.24) is 0 Å². The van der Waals surface area contributed by atoms with Gasteiger partial charge in [0.15, 0.2) is 0 Å². The Hall–Kier alpha value is -1.18. The smallest absolute Gasteiger partial charge is 0.120 e. The molecule has 0 bridgehead atoms. The van der Waals surface area contributed by atoms with Crippen LogP contribution in [0.5, 0.6) is 5.75 Å². The number of fused-ring (bicyclic) bond motifs is 1. The second-order valence-electron chi connectivity index (χ2n) is 5.17. The van der Waals surface area contributed by atoms with Crippen molar-refractivity contribution in [3.05, 3.63) is 63.1 Å². The topological polar surface area (TPSA) is 9.23 Å². The van der Waals surface area contributed by atoms with E-state index in [1.807, 2.05) is 12.1 Å². The Morgan fingerprint density at radius 2 is 1.65 bits per heavy atom. The summed E-state index contributed by atoms with van der Waals surface area (Å²) in [4.78, 5) is 0. The molecule has 0 amide bonds. The first-order chi connectivity index (χ1) is 9.72. The minimum Gasteiger partial charge on any atom is -0.489 e. The lowest BCUT2D eigenvalue weighted by Crippen LogP contribution is -2.03. The van der Waals surface area contributed by atoms with Gasteiger partial charge < -0.3 is 4.74 Å². The highest BCUT2D eigenvalue weighted by Gasteiger charge is 2.10. The number of hydrogen-bond acceptors (Lipinski definition) is 1. The number of ether oxygens (including phenoxy) is 1. The number of aryl methyl sites for hydroxylation is 2.